The number of hydrogen-bond donors (Lipinski definition) is 2. The van der Waals surface area contributed by atoms with E-state index in [1.807, 2.05) is 14.0 Å². The minimum Gasteiger partial charge on any atom is -0.392 e. The molecule has 3 heteroatoms. The van der Waals surface area contributed by atoms with Crippen LogP contribution in [0.5, 0.6) is 0 Å². The van der Waals surface area contributed by atoms with Crippen LogP contribution in [0.2, 0.25) is 0 Å². The molecule has 1 atom stereocenters. The third-order valence-electron chi connectivity index (χ3n) is 3.14. The quantitative estimate of drug-likeness (QED) is 0.685. The summed E-state index contributed by atoms with van der Waals surface area (Å²) < 4.78 is 0. The average Bonchev–Trinajstić information content (AvgIpc) is 2.21. The van der Waals surface area contributed by atoms with E-state index >= 15 is 0 Å². The summed E-state index contributed by atoms with van der Waals surface area (Å²) in [6, 6.07) is 0. The fraction of sp³-hybridized carbons (Fsp3) is 1.00. The monoisotopic (exact) mass is 200 g/mol. The van der Waals surface area contributed by atoms with Gasteiger partial charge in [-0.25, -0.2) is 0 Å². The van der Waals surface area contributed by atoms with Crippen LogP contribution >= 0.6 is 0 Å². The molecule has 0 aromatic carbocycles. The van der Waals surface area contributed by atoms with Crippen LogP contribution in [0.4, 0.5) is 0 Å². The molecule has 14 heavy (non-hydrogen) atoms. The third-order valence-corrected chi connectivity index (χ3v) is 3.14. The van der Waals surface area contributed by atoms with Crippen LogP contribution in [-0.2, 0) is 0 Å². The Morgan fingerprint density at radius 2 is 2.07 bits per heavy atom. The molecular weight excluding hydrogens is 176 g/mol. The van der Waals surface area contributed by atoms with Crippen LogP contribution in [-0.4, -0.2) is 49.3 Å². The van der Waals surface area contributed by atoms with Gasteiger partial charge in [0.05, 0.1) is 6.10 Å². The van der Waals surface area contributed by atoms with Crippen molar-refractivity contribution >= 4 is 0 Å². The molecule has 0 aromatic heterocycles. The molecule has 2 N–H and O–H groups in total. The minimum atomic E-state index is -0.129. The third kappa shape index (κ3) is 3.95. The van der Waals surface area contributed by atoms with Crippen molar-refractivity contribution in [1.29, 1.82) is 0 Å². The van der Waals surface area contributed by atoms with E-state index in [0.717, 1.165) is 38.5 Å². The van der Waals surface area contributed by atoms with E-state index in [0.29, 0.717) is 0 Å². The molecule has 1 rings (SSSR count). The van der Waals surface area contributed by atoms with Gasteiger partial charge in [-0.05, 0) is 51.9 Å². The maximum Gasteiger partial charge on any atom is 0.0664 e. The number of nitrogens with zero attached hydrogens (tertiary/aromatic N) is 1. The van der Waals surface area contributed by atoms with Crippen LogP contribution in [0.3, 0.4) is 0 Å². The van der Waals surface area contributed by atoms with Gasteiger partial charge in [0.1, 0.15) is 0 Å². The average molecular weight is 200 g/mol. The second-order valence-corrected chi connectivity index (χ2v) is 4.36. The SMILES string of the molecule is CCC(O)CN1CCC(CNC)CC1. The number of β-amino-alcohol motifs (C(OH)–C–C–N with tert-alkyl or cyclic N) is 1. The van der Waals surface area contributed by atoms with E-state index in [2.05, 4.69) is 10.2 Å². The number of piperidine rings is 1. The number of aliphatic hydroxyl groups excluding tert-OH is 1. The molecule has 1 aliphatic heterocycles. The fourth-order valence-electron chi connectivity index (χ4n) is 2.09. The van der Waals surface area contributed by atoms with Crippen LogP contribution in [0, 0.1) is 5.92 Å². The van der Waals surface area contributed by atoms with Crippen molar-refractivity contribution in [3.05, 3.63) is 0 Å². The predicted octanol–water partition coefficient (Wildman–Crippen LogP) is 0.689. The zero-order valence-electron chi connectivity index (χ0n) is 9.50. The molecular formula is C11H24N2O. The lowest BCUT2D eigenvalue weighted by atomic mass is 9.96. The Labute approximate surface area is 87.5 Å². The van der Waals surface area contributed by atoms with Gasteiger partial charge < -0.3 is 15.3 Å². The van der Waals surface area contributed by atoms with Gasteiger partial charge in [0.2, 0.25) is 0 Å². The van der Waals surface area contributed by atoms with E-state index in [-0.39, 0.29) is 6.10 Å². The van der Waals surface area contributed by atoms with Gasteiger partial charge in [0, 0.05) is 6.54 Å². The molecule has 1 fully saturated rings. The van der Waals surface area contributed by atoms with E-state index in [9.17, 15) is 5.11 Å². The first-order chi connectivity index (χ1) is 6.76. The molecule has 0 aliphatic carbocycles. The van der Waals surface area contributed by atoms with E-state index in [1.165, 1.54) is 12.8 Å². The number of hydrogen-bond acceptors (Lipinski definition) is 3. The summed E-state index contributed by atoms with van der Waals surface area (Å²) in [7, 11) is 2.02. The maximum atomic E-state index is 9.53. The van der Waals surface area contributed by atoms with Crippen LogP contribution in [0.1, 0.15) is 26.2 Å². The van der Waals surface area contributed by atoms with Crippen molar-refractivity contribution in [2.24, 2.45) is 5.92 Å². The lowest BCUT2D eigenvalue weighted by Gasteiger charge is -2.32. The van der Waals surface area contributed by atoms with Gasteiger partial charge >= 0.3 is 0 Å². The van der Waals surface area contributed by atoms with Gasteiger partial charge in [-0.2, -0.15) is 0 Å². The molecule has 0 radical (unpaired) electrons. The lowest BCUT2D eigenvalue weighted by Crippen LogP contribution is -2.40. The summed E-state index contributed by atoms with van der Waals surface area (Å²) in [6.45, 7) is 6.36. The Morgan fingerprint density at radius 3 is 2.57 bits per heavy atom. The summed E-state index contributed by atoms with van der Waals surface area (Å²) in [4.78, 5) is 2.39. The molecule has 1 saturated heterocycles. The molecule has 3 nitrogen and oxygen atoms in total. The lowest BCUT2D eigenvalue weighted by molar-refractivity contribution is 0.0870. The summed E-state index contributed by atoms with van der Waals surface area (Å²) >= 11 is 0. The highest BCUT2D eigenvalue weighted by Crippen LogP contribution is 2.16. The smallest absolute Gasteiger partial charge is 0.0664 e. The first-order valence-electron chi connectivity index (χ1n) is 5.81. The number of nitrogens with one attached hydrogen (secondary N) is 1. The molecule has 0 amide bonds. The fourth-order valence-corrected chi connectivity index (χ4v) is 2.09. The summed E-state index contributed by atoms with van der Waals surface area (Å²) in [6.07, 6.45) is 3.29. The molecule has 0 aromatic rings. The van der Waals surface area contributed by atoms with Crippen molar-refractivity contribution in [2.45, 2.75) is 32.3 Å². The Kier molecular flexibility index (Phi) is 5.45. The number of rotatable bonds is 5. The standard InChI is InChI=1S/C11H24N2O/c1-3-11(14)9-13-6-4-10(5-7-13)8-12-2/h10-12,14H,3-9H2,1-2H3. The van der Waals surface area contributed by atoms with Crippen molar-refractivity contribution < 1.29 is 5.11 Å². The second-order valence-electron chi connectivity index (χ2n) is 4.36. The second kappa shape index (κ2) is 6.38. The summed E-state index contributed by atoms with van der Waals surface area (Å²) in [5, 5.41) is 12.8. The van der Waals surface area contributed by atoms with Gasteiger partial charge in [0.25, 0.3) is 0 Å². The molecule has 0 spiro atoms. The first kappa shape index (κ1) is 12.0. The first-order valence-corrected chi connectivity index (χ1v) is 5.81. The van der Waals surface area contributed by atoms with Gasteiger partial charge in [-0.1, -0.05) is 6.92 Å². The van der Waals surface area contributed by atoms with Crippen LogP contribution in [0.15, 0.2) is 0 Å². The molecule has 1 unspecified atom stereocenters. The minimum absolute atomic E-state index is 0.129. The Bertz CT molecular complexity index is 144. The molecule has 0 bridgehead atoms. The normalized spacial score (nSPS) is 22.5. The summed E-state index contributed by atoms with van der Waals surface area (Å²) in [5.74, 6) is 0.843. The number of likely N-dealkylation sites (tertiary alicyclic amines) is 1. The Balaban J connectivity index is 2.15. The van der Waals surface area contributed by atoms with Crippen LogP contribution in [0.25, 0.3) is 0 Å². The molecule has 1 aliphatic rings. The summed E-state index contributed by atoms with van der Waals surface area (Å²) in [5.41, 5.74) is 0. The largest absolute Gasteiger partial charge is 0.392 e. The molecule has 84 valence electrons. The predicted molar refractivity (Wildman–Crippen MR) is 59.4 cm³/mol. The van der Waals surface area contributed by atoms with E-state index in [1.54, 1.807) is 0 Å². The molecule has 0 saturated carbocycles. The highest BCUT2D eigenvalue weighted by atomic mass is 16.3. The maximum absolute atomic E-state index is 9.53. The molecule has 1 heterocycles. The zero-order valence-corrected chi connectivity index (χ0v) is 9.50. The van der Waals surface area contributed by atoms with E-state index < -0.39 is 0 Å². The van der Waals surface area contributed by atoms with Crippen molar-refractivity contribution in [1.82, 2.24) is 10.2 Å². The van der Waals surface area contributed by atoms with Gasteiger partial charge in [-0.3, -0.25) is 0 Å². The van der Waals surface area contributed by atoms with Gasteiger partial charge in [0.15, 0.2) is 0 Å². The highest BCUT2D eigenvalue weighted by Gasteiger charge is 2.19. The van der Waals surface area contributed by atoms with Crippen molar-refractivity contribution in [2.75, 3.05) is 33.2 Å². The van der Waals surface area contributed by atoms with Crippen molar-refractivity contribution in [3.8, 4) is 0 Å². The highest BCUT2D eigenvalue weighted by molar-refractivity contribution is 4.74. The van der Waals surface area contributed by atoms with E-state index in [4.69, 9.17) is 0 Å². The zero-order chi connectivity index (χ0) is 10.4. The van der Waals surface area contributed by atoms with Gasteiger partial charge in [-0.15, -0.1) is 0 Å². The van der Waals surface area contributed by atoms with Crippen molar-refractivity contribution in [3.63, 3.8) is 0 Å². The Morgan fingerprint density at radius 1 is 1.43 bits per heavy atom. The Hall–Kier alpha value is -0.120. The topological polar surface area (TPSA) is 35.5 Å². The van der Waals surface area contributed by atoms with Crippen LogP contribution < -0.4 is 5.32 Å². The number of aliphatic hydroxyl groups is 1.